The summed E-state index contributed by atoms with van der Waals surface area (Å²) in [6.45, 7) is 5.23. The Morgan fingerprint density at radius 1 is 1.03 bits per heavy atom. The highest BCUT2D eigenvalue weighted by atomic mass is 16.5. The summed E-state index contributed by atoms with van der Waals surface area (Å²) in [5.41, 5.74) is 6.78. The standard InChI is InChI=1S/C34H36N2O3/c1-3-10-31(34-32(37)19-26(20-33(34)38)25-13-8-5-9-14-25)35-18-17-28-23(2)36-30-16-15-27(21-29(28)30)39-22-24-11-6-4-7-12-24/h4-9,11-16,21,26,36-37H,3,10,17-20,22H2,1-2H3. The summed E-state index contributed by atoms with van der Waals surface area (Å²) in [4.78, 5) is 21.6. The van der Waals surface area contributed by atoms with Gasteiger partial charge in [0.15, 0.2) is 5.78 Å². The number of nitrogens with one attached hydrogen (secondary N) is 1. The highest BCUT2D eigenvalue weighted by molar-refractivity contribution is 6.23. The van der Waals surface area contributed by atoms with E-state index in [1.807, 2.05) is 54.6 Å². The molecule has 5 nitrogen and oxygen atoms in total. The molecule has 1 unspecified atom stereocenters. The number of carbonyl (C=O) groups is 1. The van der Waals surface area contributed by atoms with Crippen LogP contribution in [0.15, 0.2) is 95.2 Å². The predicted octanol–water partition coefficient (Wildman–Crippen LogP) is 7.80. The third-order valence-corrected chi connectivity index (χ3v) is 7.49. The zero-order valence-corrected chi connectivity index (χ0v) is 22.7. The summed E-state index contributed by atoms with van der Waals surface area (Å²) in [6.07, 6.45) is 3.14. The smallest absolute Gasteiger partial charge is 0.168 e. The summed E-state index contributed by atoms with van der Waals surface area (Å²) in [5.74, 6) is 1.01. The molecular weight excluding hydrogens is 484 g/mol. The minimum absolute atomic E-state index is 0.0108. The molecule has 2 N–H and O–H groups in total. The summed E-state index contributed by atoms with van der Waals surface area (Å²) < 4.78 is 6.07. The van der Waals surface area contributed by atoms with E-state index in [2.05, 4.69) is 43.1 Å². The molecule has 0 amide bonds. The fourth-order valence-electron chi connectivity index (χ4n) is 5.52. The number of aromatic nitrogens is 1. The number of nitrogens with zero attached hydrogens (tertiary/aromatic N) is 1. The lowest BCUT2D eigenvalue weighted by molar-refractivity contribution is -0.116. The second-order valence-corrected chi connectivity index (χ2v) is 10.3. The van der Waals surface area contributed by atoms with Gasteiger partial charge < -0.3 is 14.8 Å². The molecule has 0 saturated carbocycles. The van der Waals surface area contributed by atoms with Crippen LogP contribution in [0, 0.1) is 6.92 Å². The Balaban J connectivity index is 1.33. The number of hydrogen-bond donors (Lipinski definition) is 2. The summed E-state index contributed by atoms with van der Waals surface area (Å²) >= 11 is 0. The maximum Gasteiger partial charge on any atom is 0.168 e. The molecule has 5 rings (SSSR count). The topological polar surface area (TPSA) is 74.7 Å². The number of ketones is 1. The molecule has 1 atom stereocenters. The van der Waals surface area contributed by atoms with Crippen LogP contribution >= 0.6 is 0 Å². The van der Waals surface area contributed by atoms with E-state index in [4.69, 9.17) is 9.73 Å². The molecule has 0 spiro atoms. The third-order valence-electron chi connectivity index (χ3n) is 7.49. The van der Waals surface area contributed by atoms with Gasteiger partial charge in [-0.1, -0.05) is 74.0 Å². The second-order valence-electron chi connectivity index (χ2n) is 10.3. The molecule has 1 aliphatic rings. The molecule has 1 aliphatic carbocycles. The van der Waals surface area contributed by atoms with E-state index in [9.17, 15) is 9.90 Å². The number of aliphatic imine (C=N–C) groups is 1. The molecule has 5 heteroatoms. The SMILES string of the molecule is CCCC(=NCCc1c(C)[nH]c2ccc(OCc3ccccc3)cc12)C1=C(O)CC(c2ccccc2)CC1=O. The molecule has 0 aliphatic heterocycles. The van der Waals surface area contributed by atoms with E-state index in [1.54, 1.807) is 0 Å². The number of fused-ring (bicyclic) bond motifs is 1. The first-order valence-corrected chi connectivity index (χ1v) is 13.8. The first kappa shape index (κ1) is 26.5. The fraction of sp³-hybridized carbons (Fsp3) is 0.294. The molecule has 3 aromatic carbocycles. The number of Topliss-reactive ketones (excluding diaryl/α,β-unsaturated/α-hetero) is 1. The summed E-state index contributed by atoms with van der Waals surface area (Å²) in [7, 11) is 0. The normalized spacial score (nSPS) is 16.2. The number of rotatable bonds is 10. The number of aromatic amines is 1. The van der Waals surface area contributed by atoms with Crippen molar-refractivity contribution < 1.29 is 14.6 Å². The predicted molar refractivity (Wildman–Crippen MR) is 158 cm³/mol. The van der Waals surface area contributed by atoms with Crippen LogP contribution in [0.5, 0.6) is 5.75 Å². The number of aliphatic hydroxyl groups is 1. The van der Waals surface area contributed by atoms with Crippen molar-refractivity contribution in [3.05, 3.63) is 113 Å². The van der Waals surface area contributed by atoms with E-state index in [1.165, 1.54) is 5.56 Å². The Kier molecular flexibility index (Phi) is 8.26. The third kappa shape index (κ3) is 6.14. The maximum absolute atomic E-state index is 13.2. The van der Waals surface area contributed by atoms with Crippen molar-refractivity contribution in [3.8, 4) is 5.75 Å². The molecule has 0 radical (unpaired) electrons. The lowest BCUT2D eigenvalue weighted by atomic mass is 9.81. The number of allylic oxidation sites excluding steroid dienone is 2. The van der Waals surface area contributed by atoms with Gasteiger partial charge in [-0.05, 0) is 60.6 Å². The number of carbonyl (C=O) groups excluding carboxylic acids is 1. The van der Waals surface area contributed by atoms with Gasteiger partial charge in [0.1, 0.15) is 18.1 Å². The number of aryl methyl sites for hydroxylation is 1. The van der Waals surface area contributed by atoms with Crippen LogP contribution in [0.1, 0.15) is 60.9 Å². The maximum atomic E-state index is 13.2. The molecule has 39 heavy (non-hydrogen) atoms. The van der Waals surface area contributed by atoms with E-state index >= 15 is 0 Å². The zero-order valence-electron chi connectivity index (χ0n) is 22.7. The Labute approximate surface area is 230 Å². The largest absolute Gasteiger partial charge is 0.511 e. The van der Waals surface area contributed by atoms with Crippen LogP contribution in [-0.4, -0.2) is 28.1 Å². The van der Waals surface area contributed by atoms with Gasteiger partial charge in [-0.2, -0.15) is 0 Å². The highest BCUT2D eigenvalue weighted by Gasteiger charge is 2.31. The fourth-order valence-corrected chi connectivity index (χ4v) is 5.52. The molecule has 0 bridgehead atoms. The van der Waals surface area contributed by atoms with Gasteiger partial charge in [-0.25, -0.2) is 0 Å². The van der Waals surface area contributed by atoms with E-state index in [0.29, 0.717) is 38.0 Å². The van der Waals surface area contributed by atoms with Gasteiger partial charge in [-0.3, -0.25) is 9.79 Å². The van der Waals surface area contributed by atoms with Gasteiger partial charge in [0.25, 0.3) is 0 Å². The monoisotopic (exact) mass is 520 g/mol. The van der Waals surface area contributed by atoms with Crippen LogP contribution < -0.4 is 4.74 Å². The lowest BCUT2D eigenvalue weighted by Gasteiger charge is -2.24. The van der Waals surface area contributed by atoms with Gasteiger partial charge in [0.2, 0.25) is 0 Å². The quantitative estimate of drug-likeness (QED) is 0.210. The average molecular weight is 521 g/mol. The van der Waals surface area contributed by atoms with E-state index < -0.39 is 0 Å². The molecule has 1 heterocycles. The van der Waals surface area contributed by atoms with Crippen LogP contribution in [-0.2, 0) is 17.8 Å². The zero-order chi connectivity index (χ0) is 27.2. The lowest BCUT2D eigenvalue weighted by Crippen LogP contribution is -2.24. The van der Waals surface area contributed by atoms with Crippen LogP contribution in [0.25, 0.3) is 10.9 Å². The van der Waals surface area contributed by atoms with Crippen LogP contribution in [0.4, 0.5) is 0 Å². The van der Waals surface area contributed by atoms with E-state index in [0.717, 1.165) is 52.0 Å². The Hall–Kier alpha value is -4.12. The molecule has 0 saturated heterocycles. The number of hydrogen-bond acceptors (Lipinski definition) is 4. The van der Waals surface area contributed by atoms with Crippen molar-refractivity contribution >= 4 is 22.4 Å². The van der Waals surface area contributed by atoms with Crippen molar-refractivity contribution in [1.29, 1.82) is 0 Å². The minimum Gasteiger partial charge on any atom is -0.511 e. The van der Waals surface area contributed by atoms with Crippen molar-refractivity contribution in [2.45, 2.75) is 58.5 Å². The molecule has 200 valence electrons. The Bertz CT molecular complexity index is 1500. The molecular formula is C34H36N2O3. The van der Waals surface area contributed by atoms with Crippen molar-refractivity contribution in [2.24, 2.45) is 4.99 Å². The first-order chi connectivity index (χ1) is 19.0. The molecule has 4 aromatic rings. The molecule has 0 fully saturated rings. The first-order valence-electron chi connectivity index (χ1n) is 13.8. The van der Waals surface area contributed by atoms with Crippen LogP contribution in [0.3, 0.4) is 0 Å². The average Bonchev–Trinajstić information content (AvgIpc) is 3.26. The number of H-pyrrole nitrogens is 1. The Morgan fingerprint density at radius 3 is 2.49 bits per heavy atom. The van der Waals surface area contributed by atoms with Crippen molar-refractivity contribution in [1.82, 2.24) is 4.98 Å². The summed E-state index contributed by atoms with van der Waals surface area (Å²) in [5, 5.41) is 12.1. The van der Waals surface area contributed by atoms with Crippen molar-refractivity contribution in [3.63, 3.8) is 0 Å². The Morgan fingerprint density at radius 2 is 1.77 bits per heavy atom. The number of ether oxygens (including phenoxy) is 1. The van der Waals surface area contributed by atoms with Gasteiger partial charge in [-0.15, -0.1) is 0 Å². The number of aliphatic hydroxyl groups excluding tert-OH is 1. The van der Waals surface area contributed by atoms with Gasteiger partial charge >= 0.3 is 0 Å². The van der Waals surface area contributed by atoms with E-state index in [-0.39, 0.29) is 17.5 Å². The van der Waals surface area contributed by atoms with Gasteiger partial charge in [0, 0.05) is 41.7 Å². The van der Waals surface area contributed by atoms with Crippen LogP contribution in [0.2, 0.25) is 0 Å². The van der Waals surface area contributed by atoms with Gasteiger partial charge in [0.05, 0.1) is 5.57 Å². The number of benzene rings is 3. The highest BCUT2D eigenvalue weighted by Crippen LogP contribution is 2.34. The summed E-state index contributed by atoms with van der Waals surface area (Å²) in [6, 6.07) is 26.3. The second kappa shape index (κ2) is 12.2. The molecule has 1 aromatic heterocycles. The minimum atomic E-state index is -0.0108. The van der Waals surface area contributed by atoms with Crippen molar-refractivity contribution in [2.75, 3.05) is 6.54 Å².